The maximum atomic E-state index is 12.3. The summed E-state index contributed by atoms with van der Waals surface area (Å²) in [5.74, 6) is 1.04. The molecular formula is C18H29N3O. The summed E-state index contributed by atoms with van der Waals surface area (Å²) < 4.78 is 0. The van der Waals surface area contributed by atoms with Crippen LogP contribution in [0.4, 0.5) is 0 Å². The van der Waals surface area contributed by atoms with Crippen molar-refractivity contribution in [3.63, 3.8) is 0 Å². The quantitative estimate of drug-likeness (QED) is 0.836. The summed E-state index contributed by atoms with van der Waals surface area (Å²) in [6, 6.07) is 10.2. The van der Waals surface area contributed by atoms with Crippen molar-refractivity contribution in [1.82, 2.24) is 15.1 Å². The third-order valence-electron chi connectivity index (χ3n) is 4.56. The second-order valence-electron chi connectivity index (χ2n) is 6.35. The van der Waals surface area contributed by atoms with Crippen LogP contribution in [0.15, 0.2) is 30.3 Å². The van der Waals surface area contributed by atoms with Gasteiger partial charge in [-0.15, -0.1) is 0 Å². The molecule has 1 saturated heterocycles. The first-order valence-corrected chi connectivity index (χ1v) is 8.34. The van der Waals surface area contributed by atoms with Crippen LogP contribution in [0.5, 0.6) is 0 Å². The smallest absolute Gasteiger partial charge is 0.236 e. The lowest BCUT2D eigenvalue weighted by atomic mass is 9.93. The molecule has 2 rings (SSSR count). The molecule has 4 heteroatoms. The van der Waals surface area contributed by atoms with Crippen LogP contribution >= 0.6 is 0 Å². The molecule has 1 aromatic rings. The molecule has 0 bridgehead atoms. The minimum absolute atomic E-state index is 0.220. The summed E-state index contributed by atoms with van der Waals surface area (Å²) in [5.41, 5.74) is 1.18. The van der Waals surface area contributed by atoms with Gasteiger partial charge in [-0.05, 0) is 57.4 Å². The third kappa shape index (κ3) is 5.43. The predicted octanol–water partition coefficient (Wildman–Crippen LogP) is 1.97. The average Bonchev–Trinajstić information content (AvgIpc) is 2.55. The molecule has 0 atom stereocenters. The predicted molar refractivity (Wildman–Crippen MR) is 90.6 cm³/mol. The Kier molecular flexibility index (Phi) is 6.87. The van der Waals surface area contributed by atoms with Gasteiger partial charge in [-0.2, -0.15) is 0 Å². The van der Waals surface area contributed by atoms with Crippen molar-refractivity contribution in [2.24, 2.45) is 5.92 Å². The molecule has 1 N–H and O–H groups in total. The summed E-state index contributed by atoms with van der Waals surface area (Å²) >= 11 is 0. The van der Waals surface area contributed by atoms with Gasteiger partial charge in [0.1, 0.15) is 0 Å². The minimum Gasteiger partial charge on any atom is -0.340 e. The molecule has 0 unspecified atom stereocenters. The molecule has 0 spiro atoms. The zero-order valence-corrected chi connectivity index (χ0v) is 13.9. The molecule has 1 aromatic carbocycles. The first-order valence-electron chi connectivity index (χ1n) is 8.34. The van der Waals surface area contributed by atoms with E-state index < -0.39 is 0 Å². The molecule has 0 aliphatic carbocycles. The van der Waals surface area contributed by atoms with E-state index in [1.54, 1.807) is 0 Å². The van der Waals surface area contributed by atoms with E-state index in [2.05, 4.69) is 22.3 Å². The fraction of sp³-hybridized carbons (Fsp3) is 0.611. The number of likely N-dealkylation sites (tertiary alicyclic amines) is 1. The number of hydrogen-bond acceptors (Lipinski definition) is 3. The number of benzene rings is 1. The van der Waals surface area contributed by atoms with E-state index in [1.165, 1.54) is 24.8 Å². The monoisotopic (exact) mass is 303 g/mol. The van der Waals surface area contributed by atoms with Crippen LogP contribution in [0, 0.1) is 5.92 Å². The molecule has 122 valence electrons. The number of nitrogens with one attached hydrogen (secondary N) is 1. The van der Waals surface area contributed by atoms with Crippen molar-refractivity contribution < 1.29 is 4.79 Å². The first kappa shape index (κ1) is 17.0. The van der Waals surface area contributed by atoms with E-state index in [4.69, 9.17) is 0 Å². The van der Waals surface area contributed by atoms with Gasteiger partial charge < -0.3 is 10.2 Å². The molecular weight excluding hydrogens is 274 g/mol. The molecule has 1 amide bonds. The van der Waals surface area contributed by atoms with Crippen LogP contribution in [-0.4, -0.2) is 56.0 Å². The second kappa shape index (κ2) is 8.91. The van der Waals surface area contributed by atoms with Gasteiger partial charge in [-0.3, -0.25) is 9.69 Å². The number of piperidine rings is 1. The number of carbonyl (C=O) groups is 1. The molecule has 1 heterocycles. The fourth-order valence-corrected chi connectivity index (χ4v) is 3.04. The summed E-state index contributed by atoms with van der Waals surface area (Å²) in [7, 11) is 3.91. The van der Waals surface area contributed by atoms with Gasteiger partial charge in [0.25, 0.3) is 0 Å². The van der Waals surface area contributed by atoms with Crippen molar-refractivity contribution in [3.05, 3.63) is 35.9 Å². The average molecular weight is 303 g/mol. The summed E-state index contributed by atoms with van der Waals surface area (Å²) in [6.07, 6.45) is 3.70. The van der Waals surface area contributed by atoms with Crippen molar-refractivity contribution >= 4 is 5.91 Å². The molecule has 1 fully saturated rings. The highest BCUT2D eigenvalue weighted by Gasteiger charge is 2.21. The molecule has 0 saturated carbocycles. The van der Waals surface area contributed by atoms with Crippen LogP contribution in [0.3, 0.4) is 0 Å². The lowest BCUT2D eigenvalue weighted by molar-refractivity contribution is -0.132. The van der Waals surface area contributed by atoms with Gasteiger partial charge in [0, 0.05) is 13.6 Å². The van der Waals surface area contributed by atoms with E-state index in [0.717, 1.165) is 25.6 Å². The largest absolute Gasteiger partial charge is 0.340 e. The Morgan fingerprint density at radius 2 is 1.95 bits per heavy atom. The zero-order valence-electron chi connectivity index (χ0n) is 13.9. The Labute approximate surface area is 134 Å². The van der Waals surface area contributed by atoms with E-state index in [-0.39, 0.29) is 5.91 Å². The van der Waals surface area contributed by atoms with E-state index in [9.17, 15) is 4.79 Å². The second-order valence-corrected chi connectivity index (χ2v) is 6.35. The first-order chi connectivity index (χ1) is 10.7. The van der Waals surface area contributed by atoms with Crippen LogP contribution in [0.1, 0.15) is 24.8 Å². The summed E-state index contributed by atoms with van der Waals surface area (Å²) in [6.45, 7) is 4.46. The summed E-state index contributed by atoms with van der Waals surface area (Å²) in [4.78, 5) is 16.5. The Bertz CT molecular complexity index is 441. The molecule has 4 nitrogen and oxygen atoms in total. The van der Waals surface area contributed by atoms with E-state index in [0.29, 0.717) is 13.1 Å². The van der Waals surface area contributed by atoms with E-state index in [1.807, 2.05) is 37.2 Å². The Hall–Kier alpha value is -1.39. The topological polar surface area (TPSA) is 35.6 Å². The minimum atomic E-state index is 0.220. The van der Waals surface area contributed by atoms with Crippen molar-refractivity contribution in [3.8, 4) is 0 Å². The lowest BCUT2D eigenvalue weighted by Crippen LogP contribution is -2.42. The number of amides is 1. The maximum Gasteiger partial charge on any atom is 0.236 e. The van der Waals surface area contributed by atoms with Gasteiger partial charge in [0.2, 0.25) is 5.91 Å². The number of likely N-dealkylation sites (N-methyl/N-ethyl adjacent to an activating group) is 1. The van der Waals surface area contributed by atoms with Crippen LogP contribution < -0.4 is 5.32 Å². The van der Waals surface area contributed by atoms with Gasteiger partial charge in [-0.1, -0.05) is 30.3 Å². The van der Waals surface area contributed by atoms with Gasteiger partial charge >= 0.3 is 0 Å². The van der Waals surface area contributed by atoms with Gasteiger partial charge in [0.05, 0.1) is 6.54 Å². The van der Waals surface area contributed by atoms with Crippen molar-refractivity contribution in [2.45, 2.75) is 25.8 Å². The Morgan fingerprint density at radius 1 is 1.27 bits per heavy atom. The molecule has 0 aromatic heterocycles. The lowest BCUT2D eigenvalue weighted by Gasteiger charge is -2.32. The molecule has 0 radical (unpaired) electrons. The van der Waals surface area contributed by atoms with Gasteiger partial charge in [-0.25, -0.2) is 0 Å². The van der Waals surface area contributed by atoms with Crippen LogP contribution in [0.2, 0.25) is 0 Å². The fourth-order valence-electron chi connectivity index (χ4n) is 3.04. The summed E-state index contributed by atoms with van der Waals surface area (Å²) in [5, 5.41) is 3.22. The van der Waals surface area contributed by atoms with Gasteiger partial charge in [0.15, 0.2) is 0 Å². The van der Waals surface area contributed by atoms with Crippen LogP contribution in [0.25, 0.3) is 0 Å². The number of rotatable bonds is 7. The highest BCUT2D eigenvalue weighted by atomic mass is 16.2. The van der Waals surface area contributed by atoms with Crippen molar-refractivity contribution in [1.29, 1.82) is 0 Å². The highest BCUT2D eigenvalue weighted by Crippen LogP contribution is 2.19. The Balaban J connectivity index is 1.71. The zero-order chi connectivity index (χ0) is 15.8. The standard InChI is InChI=1S/C18H29N3O/c1-19-11-8-16-9-12-21(13-10-16)15-18(22)20(2)14-17-6-4-3-5-7-17/h3-7,16,19H,8-15H2,1-2H3. The number of nitrogens with zero attached hydrogens (tertiary/aromatic N) is 2. The SMILES string of the molecule is CNCCC1CCN(CC(=O)N(C)Cc2ccccc2)CC1. The normalized spacial score (nSPS) is 16.6. The van der Waals surface area contributed by atoms with E-state index >= 15 is 0 Å². The number of carbonyl (C=O) groups excluding carboxylic acids is 1. The molecule has 1 aliphatic rings. The van der Waals surface area contributed by atoms with Crippen LogP contribution in [-0.2, 0) is 11.3 Å². The third-order valence-corrected chi connectivity index (χ3v) is 4.56. The molecule has 22 heavy (non-hydrogen) atoms. The Morgan fingerprint density at radius 3 is 2.59 bits per heavy atom. The molecule has 1 aliphatic heterocycles. The highest BCUT2D eigenvalue weighted by molar-refractivity contribution is 5.78. The number of hydrogen-bond donors (Lipinski definition) is 1. The maximum absolute atomic E-state index is 12.3. The van der Waals surface area contributed by atoms with Crippen molar-refractivity contribution in [2.75, 3.05) is 40.3 Å².